The molecule has 0 radical (unpaired) electrons. The van der Waals surface area contributed by atoms with Crippen molar-refractivity contribution in [1.29, 1.82) is 0 Å². The number of amides is 1. The highest BCUT2D eigenvalue weighted by Crippen LogP contribution is 2.44. The number of pyridine rings is 1. The number of nitrogens with one attached hydrogen (secondary N) is 2. The lowest BCUT2D eigenvalue weighted by molar-refractivity contribution is -0.115. The number of rotatable bonds is 6. The molecule has 0 aliphatic carbocycles. The van der Waals surface area contributed by atoms with E-state index in [-0.39, 0.29) is 23.7 Å². The van der Waals surface area contributed by atoms with Crippen molar-refractivity contribution in [2.75, 3.05) is 10.2 Å². The number of aromatic nitrogens is 2. The zero-order valence-corrected chi connectivity index (χ0v) is 22.7. The molecule has 2 aromatic carbocycles. The molecule has 1 saturated heterocycles. The quantitative estimate of drug-likeness (QED) is 0.267. The highest BCUT2D eigenvalue weighted by atomic mass is 32.1. The first kappa shape index (κ1) is 25.5. The number of hydrogen-bond donors (Lipinski definition) is 3. The first-order valence-corrected chi connectivity index (χ1v) is 13.1. The summed E-state index contributed by atoms with van der Waals surface area (Å²) in [5.74, 6) is 0.214. The molecule has 4 aromatic rings. The molecule has 0 unspecified atom stereocenters. The zero-order valence-electron chi connectivity index (χ0n) is 21.9. The second-order valence-electron chi connectivity index (χ2n) is 9.58. The van der Waals surface area contributed by atoms with Gasteiger partial charge < -0.3 is 25.2 Å². The number of carbonyl (C=O) groups excluding carboxylic acids is 1. The lowest BCUT2D eigenvalue weighted by Crippen LogP contribution is -2.29. The molecule has 5 rings (SSSR count). The second kappa shape index (κ2) is 10.3. The van der Waals surface area contributed by atoms with Gasteiger partial charge in [-0.3, -0.25) is 9.78 Å². The smallest absolute Gasteiger partial charge is 0.224 e. The van der Waals surface area contributed by atoms with Crippen LogP contribution >= 0.6 is 12.2 Å². The number of aromatic hydroxyl groups is 1. The number of nitrogens with zero attached hydrogens (tertiary/aromatic N) is 3. The van der Waals surface area contributed by atoms with Crippen LogP contribution < -0.4 is 15.5 Å². The van der Waals surface area contributed by atoms with E-state index in [0.717, 1.165) is 45.3 Å². The van der Waals surface area contributed by atoms with Crippen molar-refractivity contribution in [3.8, 4) is 11.4 Å². The third-order valence-electron chi connectivity index (χ3n) is 7.08. The third-order valence-corrected chi connectivity index (χ3v) is 7.39. The van der Waals surface area contributed by atoms with E-state index >= 15 is 0 Å². The highest BCUT2D eigenvalue weighted by Gasteiger charge is 2.42. The maximum atomic E-state index is 12.0. The number of hydrogen-bond acceptors (Lipinski definition) is 4. The minimum atomic E-state index is -0.169. The fourth-order valence-corrected chi connectivity index (χ4v) is 5.56. The van der Waals surface area contributed by atoms with Crippen molar-refractivity contribution in [1.82, 2.24) is 14.9 Å². The fraction of sp³-hybridized carbons (Fsp3) is 0.233. The Morgan fingerprint density at radius 2 is 1.79 bits per heavy atom. The van der Waals surface area contributed by atoms with E-state index in [0.29, 0.717) is 11.5 Å². The Morgan fingerprint density at radius 3 is 2.45 bits per heavy atom. The molecular formula is C30H31N5O2S. The first-order chi connectivity index (χ1) is 18.3. The van der Waals surface area contributed by atoms with Gasteiger partial charge in [0.25, 0.3) is 0 Å². The number of carbonyl (C=O) groups is 1. The van der Waals surface area contributed by atoms with Crippen molar-refractivity contribution in [2.45, 2.75) is 46.2 Å². The van der Waals surface area contributed by atoms with Gasteiger partial charge in [-0.1, -0.05) is 13.0 Å². The van der Waals surface area contributed by atoms with Gasteiger partial charge in [-0.05, 0) is 105 Å². The zero-order chi connectivity index (χ0) is 27.0. The van der Waals surface area contributed by atoms with Gasteiger partial charge >= 0.3 is 0 Å². The van der Waals surface area contributed by atoms with Crippen LogP contribution in [-0.4, -0.2) is 25.7 Å². The Balaban J connectivity index is 1.63. The Morgan fingerprint density at radius 1 is 1.05 bits per heavy atom. The molecule has 2 aromatic heterocycles. The largest absolute Gasteiger partial charge is 0.508 e. The van der Waals surface area contributed by atoms with Gasteiger partial charge in [0.05, 0.1) is 17.8 Å². The fourth-order valence-electron chi connectivity index (χ4n) is 5.21. The van der Waals surface area contributed by atoms with Gasteiger partial charge in [-0.15, -0.1) is 0 Å². The van der Waals surface area contributed by atoms with Crippen molar-refractivity contribution in [3.05, 3.63) is 101 Å². The summed E-state index contributed by atoms with van der Waals surface area (Å²) in [6.45, 7) is 8.02. The molecule has 1 amide bonds. The first-order valence-electron chi connectivity index (χ1n) is 12.7. The summed E-state index contributed by atoms with van der Waals surface area (Å²) in [7, 11) is 0. The van der Waals surface area contributed by atoms with Crippen LogP contribution in [-0.2, 0) is 4.79 Å². The molecule has 194 valence electrons. The van der Waals surface area contributed by atoms with Gasteiger partial charge in [-0.2, -0.15) is 0 Å². The van der Waals surface area contributed by atoms with Gasteiger partial charge in [0.1, 0.15) is 5.75 Å². The molecule has 0 bridgehead atoms. The van der Waals surface area contributed by atoms with Crippen LogP contribution in [0.4, 0.5) is 11.4 Å². The summed E-state index contributed by atoms with van der Waals surface area (Å²) < 4.78 is 2.19. The van der Waals surface area contributed by atoms with Crippen LogP contribution in [0.3, 0.4) is 0 Å². The molecule has 3 heterocycles. The predicted molar refractivity (Wildman–Crippen MR) is 155 cm³/mol. The van der Waals surface area contributed by atoms with E-state index in [1.165, 1.54) is 0 Å². The molecule has 7 nitrogen and oxygen atoms in total. The van der Waals surface area contributed by atoms with Gasteiger partial charge in [-0.25, -0.2) is 0 Å². The molecular weight excluding hydrogens is 494 g/mol. The molecule has 1 aliphatic rings. The van der Waals surface area contributed by atoms with Gasteiger partial charge in [0.2, 0.25) is 5.91 Å². The van der Waals surface area contributed by atoms with E-state index < -0.39 is 0 Å². The van der Waals surface area contributed by atoms with E-state index in [9.17, 15) is 9.90 Å². The summed E-state index contributed by atoms with van der Waals surface area (Å²) in [4.78, 5) is 18.8. The number of phenols is 1. The number of anilines is 2. The predicted octanol–water partition coefficient (Wildman–Crippen LogP) is 6.03. The molecule has 38 heavy (non-hydrogen) atoms. The lowest BCUT2D eigenvalue weighted by atomic mass is 9.96. The molecule has 8 heteroatoms. The Kier molecular flexibility index (Phi) is 6.91. The Labute approximate surface area is 228 Å². The van der Waals surface area contributed by atoms with E-state index in [4.69, 9.17) is 12.2 Å². The van der Waals surface area contributed by atoms with Crippen molar-refractivity contribution < 1.29 is 9.90 Å². The maximum absolute atomic E-state index is 12.0. The number of aryl methyl sites for hydroxylation is 2. The minimum Gasteiger partial charge on any atom is -0.508 e. The normalized spacial score (nSPS) is 16.9. The van der Waals surface area contributed by atoms with Crippen molar-refractivity contribution in [3.63, 3.8) is 0 Å². The van der Waals surface area contributed by atoms with E-state index in [1.807, 2.05) is 56.3 Å². The van der Waals surface area contributed by atoms with E-state index in [2.05, 4.69) is 51.1 Å². The number of benzene rings is 2. The van der Waals surface area contributed by atoms with Crippen LogP contribution in [0.5, 0.6) is 5.75 Å². The summed E-state index contributed by atoms with van der Waals surface area (Å²) in [6, 6.07) is 21.0. The monoisotopic (exact) mass is 525 g/mol. The van der Waals surface area contributed by atoms with E-state index in [1.54, 1.807) is 18.3 Å². The van der Waals surface area contributed by atoms with Gasteiger partial charge in [0.15, 0.2) is 5.11 Å². The van der Waals surface area contributed by atoms with Crippen LogP contribution in [0.1, 0.15) is 53.6 Å². The Hall–Kier alpha value is -4.17. The molecule has 0 saturated carbocycles. The topological polar surface area (TPSA) is 82.4 Å². The van der Waals surface area contributed by atoms with Crippen LogP contribution in [0.15, 0.2) is 72.9 Å². The molecule has 1 aliphatic heterocycles. The summed E-state index contributed by atoms with van der Waals surface area (Å²) in [5.41, 5.74) is 7.86. The maximum Gasteiger partial charge on any atom is 0.224 e. The van der Waals surface area contributed by atoms with Gasteiger partial charge in [0, 0.05) is 41.1 Å². The molecule has 1 fully saturated rings. The molecule has 3 N–H and O–H groups in total. The van der Waals surface area contributed by atoms with Crippen molar-refractivity contribution >= 4 is 34.6 Å². The highest BCUT2D eigenvalue weighted by molar-refractivity contribution is 7.80. The third kappa shape index (κ3) is 4.63. The second-order valence-corrected chi connectivity index (χ2v) is 9.96. The summed E-state index contributed by atoms with van der Waals surface area (Å²) in [5, 5.41) is 16.9. The average Bonchev–Trinajstić information content (AvgIpc) is 3.41. The van der Waals surface area contributed by atoms with Crippen LogP contribution in [0, 0.1) is 20.8 Å². The summed E-state index contributed by atoms with van der Waals surface area (Å²) >= 11 is 5.91. The van der Waals surface area contributed by atoms with Crippen LogP contribution in [0.2, 0.25) is 0 Å². The number of phenolic OH excluding ortho intramolecular Hbond substituents is 1. The van der Waals surface area contributed by atoms with Crippen LogP contribution in [0.25, 0.3) is 5.69 Å². The van der Waals surface area contributed by atoms with Crippen molar-refractivity contribution in [2.24, 2.45) is 0 Å². The number of thiocarbonyl (C=S) groups is 1. The standard InChI is InChI=1S/C30H31N5O2S/c1-5-27(37)32-25-14-11-22(16-18(25)2)35-29(28(33-30(35)38)26-8-6-7-15-31-26)24-17-19(3)34(20(24)4)21-9-12-23(36)13-10-21/h6-17,28-29,36H,5H2,1-4H3,(H,32,37)(H,33,38)/t28-,29-/m1/s1. The Bertz CT molecular complexity index is 1500. The minimum absolute atomic E-state index is 0.0195. The molecule has 0 spiro atoms. The lowest BCUT2D eigenvalue weighted by Gasteiger charge is -2.29. The molecule has 2 atom stereocenters. The summed E-state index contributed by atoms with van der Waals surface area (Å²) in [6.07, 6.45) is 2.22. The SMILES string of the molecule is CCC(=O)Nc1ccc(N2C(=S)N[C@H](c3ccccn3)[C@H]2c2cc(C)n(-c3ccc(O)cc3)c2C)cc1C. The average molecular weight is 526 g/mol.